The molecule has 7 nitrogen and oxygen atoms in total. The summed E-state index contributed by atoms with van der Waals surface area (Å²) in [5.41, 5.74) is 1.48. The van der Waals surface area contributed by atoms with Gasteiger partial charge in [-0.2, -0.15) is 5.10 Å². The molecule has 0 radical (unpaired) electrons. The molecule has 26 heavy (non-hydrogen) atoms. The van der Waals surface area contributed by atoms with Gasteiger partial charge in [0.15, 0.2) is 11.6 Å². The molecule has 0 saturated carbocycles. The number of carbonyl (C=O) groups excluding carboxylic acids is 1. The highest BCUT2D eigenvalue weighted by molar-refractivity contribution is 9.10. The molecule has 134 valence electrons. The van der Waals surface area contributed by atoms with Gasteiger partial charge in [0, 0.05) is 28.3 Å². The lowest BCUT2D eigenvalue weighted by Crippen LogP contribution is -2.13. The van der Waals surface area contributed by atoms with Crippen molar-refractivity contribution in [2.45, 2.75) is 11.8 Å². The summed E-state index contributed by atoms with van der Waals surface area (Å²) in [7, 11) is -2.05. The number of benzene rings is 2. The summed E-state index contributed by atoms with van der Waals surface area (Å²) in [4.78, 5) is 15.8. The zero-order chi connectivity index (χ0) is 18.9. The molecule has 1 aromatic heterocycles. The van der Waals surface area contributed by atoms with E-state index in [-0.39, 0.29) is 10.7 Å². The molecule has 3 rings (SSSR count). The van der Waals surface area contributed by atoms with E-state index in [1.807, 2.05) is 0 Å². The van der Waals surface area contributed by atoms with Crippen molar-refractivity contribution in [3.63, 3.8) is 0 Å². The maximum atomic E-state index is 12.6. The van der Waals surface area contributed by atoms with Gasteiger partial charge in [0.25, 0.3) is 10.0 Å². The second-order valence-electron chi connectivity index (χ2n) is 5.62. The number of anilines is 1. The number of carbonyl (C=O) groups is 1. The number of hydrogen-bond acceptors (Lipinski definition) is 5. The minimum atomic E-state index is -3.82. The second kappa shape index (κ2) is 7.00. The van der Waals surface area contributed by atoms with Gasteiger partial charge in [-0.05, 0) is 49.4 Å². The molecule has 0 spiro atoms. The molecule has 0 aliphatic carbocycles. The van der Waals surface area contributed by atoms with Crippen molar-refractivity contribution < 1.29 is 13.2 Å². The van der Waals surface area contributed by atoms with Crippen LogP contribution in [0, 0.1) is 0 Å². The first-order chi connectivity index (χ1) is 12.3. The zero-order valence-electron chi connectivity index (χ0n) is 14.0. The fraction of sp³-hybridized carbons (Fsp3) is 0.118. The maximum absolute atomic E-state index is 12.6. The van der Waals surface area contributed by atoms with Gasteiger partial charge < -0.3 is 0 Å². The second-order valence-corrected chi connectivity index (χ2v) is 8.16. The number of nitrogens with one attached hydrogen (secondary N) is 1. The van der Waals surface area contributed by atoms with E-state index < -0.39 is 10.0 Å². The molecule has 0 atom stereocenters. The highest BCUT2D eigenvalue weighted by Gasteiger charge is 2.17. The van der Waals surface area contributed by atoms with Gasteiger partial charge in [0.05, 0.1) is 4.90 Å². The summed E-state index contributed by atoms with van der Waals surface area (Å²) in [5.74, 6) is 0.335. The van der Waals surface area contributed by atoms with E-state index in [1.54, 1.807) is 48.4 Å². The smallest absolute Gasteiger partial charge is 0.261 e. The molecule has 1 heterocycles. The molecule has 3 aromatic rings. The molecule has 0 aliphatic rings. The molecule has 1 N–H and O–H groups in total. The Hall–Kier alpha value is -2.52. The van der Waals surface area contributed by atoms with E-state index in [2.05, 4.69) is 30.7 Å². The number of nitrogens with zero attached hydrogens (tertiary/aromatic N) is 3. The number of aryl methyl sites for hydroxylation is 1. The van der Waals surface area contributed by atoms with Crippen molar-refractivity contribution >= 4 is 37.4 Å². The third-order valence-electron chi connectivity index (χ3n) is 3.62. The van der Waals surface area contributed by atoms with E-state index in [4.69, 9.17) is 0 Å². The molecular formula is C17H15BrN4O3S. The Labute approximate surface area is 159 Å². The molecule has 0 saturated heterocycles. The van der Waals surface area contributed by atoms with Gasteiger partial charge in [-0.1, -0.05) is 15.9 Å². The van der Waals surface area contributed by atoms with Gasteiger partial charge in [0.1, 0.15) is 6.33 Å². The van der Waals surface area contributed by atoms with Crippen LogP contribution >= 0.6 is 15.9 Å². The van der Waals surface area contributed by atoms with Crippen LogP contribution < -0.4 is 4.72 Å². The minimum Gasteiger partial charge on any atom is -0.294 e. The first-order valence-electron chi connectivity index (χ1n) is 7.55. The van der Waals surface area contributed by atoms with Gasteiger partial charge in [-0.25, -0.2) is 13.4 Å². The Morgan fingerprint density at radius 2 is 1.85 bits per heavy atom. The normalized spacial score (nSPS) is 11.3. The van der Waals surface area contributed by atoms with Crippen molar-refractivity contribution in [3.05, 3.63) is 58.8 Å². The third-order valence-corrected chi connectivity index (χ3v) is 5.69. The summed E-state index contributed by atoms with van der Waals surface area (Å²) in [6, 6.07) is 11.1. The lowest BCUT2D eigenvalue weighted by molar-refractivity contribution is 0.101. The van der Waals surface area contributed by atoms with Crippen LogP contribution in [0.15, 0.2) is 58.2 Å². The van der Waals surface area contributed by atoms with E-state index in [1.165, 1.54) is 19.1 Å². The molecular weight excluding hydrogens is 420 g/mol. The Balaban J connectivity index is 1.86. The Morgan fingerprint density at radius 3 is 2.42 bits per heavy atom. The lowest BCUT2D eigenvalue weighted by Gasteiger charge is -2.10. The number of sulfonamides is 1. The molecule has 0 fully saturated rings. The first-order valence-corrected chi connectivity index (χ1v) is 9.83. The van der Waals surface area contributed by atoms with Crippen LogP contribution in [-0.2, 0) is 17.1 Å². The predicted octanol–water partition coefficient (Wildman–Crippen LogP) is 3.25. The van der Waals surface area contributed by atoms with Crippen LogP contribution in [0.4, 0.5) is 5.69 Å². The molecule has 0 aliphatic heterocycles. The first kappa shape index (κ1) is 18.3. The summed E-state index contributed by atoms with van der Waals surface area (Å²) in [6.45, 7) is 1.38. The summed E-state index contributed by atoms with van der Waals surface area (Å²) in [6.07, 6.45) is 1.59. The lowest BCUT2D eigenvalue weighted by atomic mass is 10.1. The van der Waals surface area contributed by atoms with Crippen LogP contribution in [0.25, 0.3) is 11.4 Å². The van der Waals surface area contributed by atoms with Crippen LogP contribution in [0.5, 0.6) is 0 Å². The summed E-state index contributed by atoms with van der Waals surface area (Å²) in [5, 5.41) is 4.20. The largest absolute Gasteiger partial charge is 0.294 e. The van der Waals surface area contributed by atoms with Crippen molar-refractivity contribution in [1.29, 1.82) is 0 Å². The van der Waals surface area contributed by atoms with Crippen LogP contribution in [0.2, 0.25) is 0 Å². The van der Waals surface area contributed by atoms with Crippen LogP contribution in [0.1, 0.15) is 17.3 Å². The number of hydrogen-bond donors (Lipinski definition) is 1. The monoisotopic (exact) mass is 434 g/mol. The number of halogens is 1. The Kier molecular flexibility index (Phi) is 4.92. The molecule has 9 heteroatoms. The highest BCUT2D eigenvalue weighted by atomic mass is 79.9. The summed E-state index contributed by atoms with van der Waals surface area (Å²) < 4.78 is 29.8. The van der Waals surface area contributed by atoms with Crippen LogP contribution in [0.3, 0.4) is 0 Å². The fourth-order valence-electron chi connectivity index (χ4n) is 2.31. The van der Waals surface area contributed by atoms with Crippen molar-refractivity contribution in [2.24, 2.45) is 7.05 Å². The third kappa shape index (κ3) is 3.83. The topological polar surface area (TPSA) is 94.0 Å². The van der Waals surface area contributed by atoms with Crippen molar-refractivity contribution in [1.82, 2.24) is 14.8 Å². The van der Waals surface area contributed by atoms with Crippen molar-refractivity contribution in [2.75, 3.05) is 4.72 Å². The quantitative estimate of drug-likeness (QED) is 0.621. The molecule has 2 aromatic carbocycles. The Bertz CT molecular complexity index is 1080. The minimum absolute atomic E-state index is 0.0152. The average Bonchev–Trinajstić information content (AvgIpc) is 3.01. The van der Waals surface area contributed by atoms with Gasteiger partial charge in [0.2, 0.25) is 0 Å². The van der Waals surface area contributed by atoms with Gasteiger partial charge >= 0.3 is 0 Å². The van der Waals surface area contributed by atoms with E-state index in [0.29, 0.717) is 21.5 Å². The fourth-order valence-corrected chi connectivity index (χ4v) is 3.92. The molecule has 0 amide bonds. The zero-order valence-corrected chi connectivity index (χ0v) is 16.4. The van der Waals surface area contributed by atoms with E-state index >= 15 is 0 Å². The number of aromatic nitrogens is 3. The standard InChI is InChI=1S/C17H15BrN4O3S/c1-11(23)15-9-14(7-8-16(15)18)26(24,25)21-13-5-3-12(4-6-13)17-19-10-22(2)20-17/h3-10,21H,1-2H3. The number of ketones is 1. The number of rotatable bonds is 5. The van der Waals surface area contributed by atoms with E-state index in [9.17, 15) is 13.2 Å². The average molecular weight is 435 g/mol. The number of Topliss-reactive ketones (excluding diaryl/α,β-unsaturated/α-hetero) is 1. The highest BCUT2D eigenvalue weighted by Crippen LogP contribution is 2.24. The summed E-state index contributed by atoms with van der Waals surface area (Å²) >= 11 is 3.25. The molecule has 0 bridgehead atoms. The Morgan fingerprint density at radius 1 is 1.15 bits per heavy atom. The van der Waals surface area contributed by atoms with Gasteiger partial charge in [-0.3, -0.25) is 14.2 Å². The van der Waals surface area contributed by atoms with Gasteiger partial charge in [-0.15, -0.1) is 0 Å². The predicted molar refractivity (Wildman–Crippen MR) is 101 cm³/mol. The van der Waals surface area contributed by atoms with E-state index in [0.717, 1.165) is 5.56 Å². The maximum Gasteiger partial charge on any atom is 0.261 e. The van der Waals surface area contributed by atoms with Crippen molar-refractivity contribution in [3.8, 4) is 11.4 Å². The molecule has 0 unspecified atom stereocenters. The SMILES string of the molecule is CC(=O)c1cc(S(=O)(=O)Nc2ccc(-c3ncn(C)n3)cc2)ccc1Br. The van der Waals surface area contributed by atoms with Crippen LogP contribution in [-0.4, -0.2) is 29.0 Å².